The van der Waals surface area contributed by atoms with Gasteiger partial charge in [-0.2, -0.15) is 4.57 Å². The molecule has 0 fully saturated rings. The smallest absolute Gasteiger partial charge is 0.409 e. The van der Waals surface area contributed by atoms with Crippen LogP contribution in [0.4, 0.5) is 0 Å². The van der Waals surface area contributed by atoms with Crippen LogP contribution >= 0.6 is 11.8 Å². The molecular formula is C11H12NO2S+. The van der Waals surface area contributed by atoms with Gasteiger partial charge < -0.3 is 10.2 Å². The zero-order valence-corrected chi connectivity index (χ0v) is 9.38. The summed E-state index contributed by atoms with van der Waals surface area (Å²) in [7, 11) is 1.69. The van der Waals surface area contributed by atoms with E-state index in [0.29, 0.717) is 5.39 Å². The van der Waals surface area contributed by atoms with Gasteiger partial charge in [0.1, 0.15) is 7.05 Å². The fourth-order valence-electron chi connectivity index (χ4n) is 1.63. The largest absolute Gasteiger partial charge is 0.499 e. The molecule has 3 nitrogen and oxygen atoms in total. The lowest BCUT2D eigenvalue weighted by molar-refractivity contribution is -0.676. The molecule has 0 spiro atoms. The molecule has 0 atom stereocenters. The summed E-state index contributed by atoms with van der Waals surface area (Å²) in [5.74, 6) is -0.163. The maximum atomic E-state index is 9.87. The van der Waals surface area contributed by atoms with Gasteiger partial charge in [0.05, 0.1) is 10.8 Å². The number of hydrogen-bond acceptors (Lipinski definition) is 3. The molecule has 15 heavy (non-hydrogen) atoms. The highest BCUT2D eigenvalue weighted by Gasteiger charge is 2.18. The molecule has 78 valence electrons. The molecule has 0 aliphatic heterocycles. The molecule has 1 aromatic carbocycles. The molecular weight excluding hydrogens is 210 g/mol. The number of thioether (sulfide) groups is 1. The van der Waals surface area contributed by atoms with E-state index in [2.05, 4.69) is 0 Å². The first-order chi connectivity index (χ1) is 7.15. The minimum Gasteiger partial charge on any atom is -0.499 e. The summed E-state index contributed by atoms with van der Waals surface area (Å²) in [4.78, 5) is 0.959. The van der Waals surface area contributed by atoms with Crippen LogP contribution in [0.3, 0.4) is 0 Å². The Bertz CT molecular complexity index is 525. The molecule has 0 unspecified atom stereocenters. The van der Waals surface area contributed by atoms with Crippen LogP contribution in [-0.2, 0) is 7.05 Å². The molecule has 0 radical (unpaired) electrons. The third-order valence-electron chi connectivity index (χ3n) is 2.39. The topological polar surface area (TPSA) is 44.3 Å². The maximum Gasteiger partial charge on any atom is 0.409 e. The second kappa shape index (κ2) is 3.62. The van der Waals surface area contributed by atoms with E-state index in [1.807, 2.05) is 24.5 Å². The van der Waals surface area contributed by atoms with E-state index in [-0.39, 0.29) is 11.6 Å². The fourth-order valence-corrected chi connectivity index (χ4v) is 2.26. The SMILES string of the molecule is CSc1cccc2c[n+](C)c(O)c(O)c12. The lowest BCUT2D eigenvalue weighted by Crippen LogP contribution is -2.27. The van der Waals surface area contributed by atoms with Gasteiger partial charge in [0.2, 0.25) is 5.75 Å². The Morgan fingerprint density at radius 3 is 2.67 bits per heavy atom. The highest BCUT2D eigenvalue weighted by Crippen LogP contribution is 2.36. The third kappa shape index (κ3) is 1.51. The first kappa shape index (κ1) is 10.1. The number of hydrogen-bond donors (Lipinski definition) is 2. The van der Waals surface area contributed by atoms with Crippen molar-refractivity contribution in [3.05, 3.63) is 24.4 Å². The van der Waals surface area contributed by atoms with E-state index in [9.17, 15) is 10.2 Å². The van der Waals surface area contributed by atoms with Gasteiger partial charge in [-0.1, -0.05) is 6.07 Å². The monoisotopic (exact) mass is 222 g/mol. The number of nitrogens with zero attached hydrogens (tertiary/aromatic N) is 1. The number of fused-ring (bicyclic) bond motifs is 1. The second-order valence-corrected chi connectivity index (χ2v) is 4.18. The summed E-state index contributed by atoms with van der Waals surface area (Å²) < 4.78 is 1.50. The first-order valence-electron chi connectivity index (χ1n) is 4.52. The highest BCUT2D eigenvalue weighted by atomic mass is 32.2. The Balaban J connectivity index is 2.93. The lowest BCUT2D eigenvalue weighted by Gasteiger charge is -2.05. The van der Waals surface area contributed by atoms with E-state index in [1.165, 1.54) is 4.57 Å². The molecule has 0 saturated carbocycles. The zero-order chi connectivity index (χ0) is 11.0. The van der Waals surface area contributed by atoms with Gasteiger partial charge in [0.25, 0.3) is 0 Å². The average Bonchev–Trinajstić information content (AvgIpc) is 2.25. The molecule has 0 bridgehead atoms. The molecule has 4 heteroatoms. The molecule has 2 aromatic rings. The van der Waals surface area contributed by atoms with Crippen molar-refractivity contribution in [2.24, 2.45) is 7.05 Å². The molecule has 0 amide bonds. The van der Waals surface area contributed by atoms with E-state index >= 15 is 0 Å². The first-order valence-corrected chi connectivity index (χ1v) is 5.75. The van der Waals surface area contributed by atoms with Crippen LogP contribution in [0.25, 0.3) is 10.8 Å². The number of aromatic hydroxyl groups is 2. The van der Waals surface area contributed by atoms with Crippen LogP contribution in [-0.4, -0.2) is 16.5 Å². The number of rotatable bonds is 1. The Labute approximate surface area is 92.0 Å². The Morgan fingerprint density at radius 2 is 2.00 bits per heavy atom. The Kier molecular flexibility index (Phi) is 2.44. The summed E-state index contributed by atoms with van der Waals surface area (Å²) in [6.07, 6.45) is 3.74. The van der Waals surface area contributed by atoms with Crippen LogP contribution in [0.1, 0.15) is 0 Å². The predicted octanol–water partition coefficient (Wildman–Crippen LogP) is 1.80. The Morgan fingerprint density at radius 1 is 1.27 bits per heavy atom. The summed E-state index contributed by atoms with van der Waals surface area (Å²) in [6, 6.07) is 5.77. The average molecular weight is 222 g/mol. The van der Waals surface area contributed by atoms with Gasteiger partial charge in [-0.15, -0.1) is 11.8 Å². The summed E-state index contributed by atoms with van der Waals surface area (Å²) in [5, 5.41) is 21.1. The molecule has 2 N–H and O–H groups in total. The molecule has 1 aromatic heterocycles. The number of benzene rings is 1. The molecule has 2 rings (SSSR count). The van der Waals surface area contributed by atoms with Gasteiger partial charge in [-0.25, -0.2) is 0 Å². The Hall–Kier alpha value is -1.42. The third-order valence-corrected chi connectivity index (χ3v) is 3.17. The zero-order valence-electron chi connectivity index (χ0n) is 8.56. The number of pyridine rings is 1. The maximum absolute atomic E-state index is 9.87. The van der Waals surface area contributed by atoms with Crippen molar-refractivity contribution < 1.29 is 14.8 Å². The van der Waals surface area contributed by atoms with E-state index in [1.54, 1.807) is 25.0 Å². The van der Waals surface area contributed by atoms with E-state index < -0.39 is 0 Å². The van der Waals surface area contributed by atoms with Gasteiger partial charge >= 0.3 is 5.88 Å². The summed E-state index contributed by atoms with van der Waals surface area (Å²) in [6.45, 7) is 0. The second-order valence-electron chi connectivity index (χ2n) is 3.34. The standard InChI is InChI=1S/C11H11NO2S/c1-12-6-7-4-3-5-8(15-2)9(7)10(13)11(12)14/h3-6,13H,1-2H3/p+1. The highest BCUT2D eigenvalue weighted by molar-refractivity contribution is 7.98. The van der Waals surface area contributed by atoms with Crippen molar-refractivity contribution in [2.75, 3.05) is 6.26 Å². The molecule has 1 heterocycles. The molecule has 0 aliphatic carbocycles. The van der Waals surface area contributed by atoms with Crippen molar-refractivity contribution in [3.8, 4) is 11.6 Å². The minimum atomic E-state index is -0.107. The fraction of sp³-hybridized carbons (Fsp3) is 0.182. The van der Waals surface area contributed by atoms with Crippen LogP contribution < -0.4 is 4.57 Å². The quantitative estimate of drug-likeness (QED) is 0.571. The normalized spacial score (nSPS) is 10.8. The molecule has 0 saturated heterocycles. The van der Waals surface area contributed by atoms with Crippen LogP contribution in [0.5, 0.6) is 11.6 Å². The minimum absolute atomic E-state index is 0.0556. The van der Waals surface area contributed by atoms with Crippen molar-refractivity contribution in [1.82, 2.24) is 0 Å². The van der Waals surface area contributed by atoms with Gasteiger partial charge in [-0.3, -0.25) is 0 Å². The van der Waals surface area contributed by atoms with Crippen LogP contribution in [0.2, 0.25) is 0 Å². The van der Waals surface area contributed by atoms with Crippen molar-refractivity contribution in [3.63, 3.8) is 0 Å². The van der Waals surface area contributed by atoms with Crippen molar-refractivity contribution >= 4 is 22.5 Å². The molecule has 0 aliphatic rings. The van der Waals surface area contributed by atoms with Crippen molar-refractivity contribution in [2.45, 2.75) is 4.90 Å². The van der Waals surface area contributed by atoms with E-state index in [4.69, 9.17) is 0 Å². The number of aromatic nitrogens is 1. The van der Waals surface area contributed by atoms with Crippen molar-refractivity contribution in [1.29, 1.82) is 0 Å². The number of aryl methyl sites for hydroxylation is 1. The van der Waals surface area contributed by atoms with E-state index in [0.717, 1.165) is 10.3 Å². The van der Waals surface area contributed by atoms with Crippen LogP contribution in [0, 0.1) is 0 Å². The van der Waals surface area contributed by atoms with Gasteiger partial charge in [-0.05, 0) is 18.4 Å². The van der Waals surface area contributed by atoms with Gasteiger partial charge in [0.15, 0.2) is 6.20 Å². The summed E-state index contributed by atoms with van der Waals surface area (Å²) in [5.41, 5.74) is 0. The lowest BCUT2D eigenvalue weighted by atomic mass is 10.1. The summed E-state index contributed by atoms with van der Waals surface area (Å²) >= 11 is 1.55. The van der Waals surface area contributed by atoms with Crippen LogP contribution in [0.15, 0.2) is 29.3 Å². The predicted molar refractivity (Wildman–Crippen MR) is 60.2 cm³/mol. The van der Waals surface area contributed by atoms with Gasteiger partial charge in [0, 0.05) is 4.90 Å².